The molecule has 2 aliphatic rings. The van der Waals surface area contributed by atoms with Crippen LogP contribution in [0.4, 0.5) is 19.7 Å². The fourth-order valence-electron chi connectivity index (χ4n) is 4.11. The Morgan fingerprint density at radius 2 is 1.82 bits per heavy atom. The number of morpholine rings is 1. The Bertz CT molecular complexity index is 1120. The molecule has 0 unspecified atom stereocenters. The van der Waals surface area contributed by atoms with Crippen molar-refractivity contribution in [2.24, 2.45) is 5.92 Å². The van der Waals surface area contributed by atoms with Crippen LogP contribution in [0.15, 0.2) is 29.6 Å². The van der Waals surface area contributed by atoms with E-state index in [1.165, 1.54) is 17.4 Å². The van der Waals surface area contributed by atoms with Gasteiger partial charge in [0.1, 0.15) is 0 Å². The molecule has 4 heterocycles. The maximum atomic E-state index is 14.8. The first-order valence-corrected chi connectivity index (χ1v) is 12.1. The molecule has 2 aromatic heterocycles. The minimum Gasteiger partial charge on any atom is -0.434 e. The van der Waals surface area contributed by atoms with Crippen LogP contribution in [0.3, 0.4) is 0 Å². The number of halogens is 2. The third-order valence-corrected chi connectivity index (χ3v) is 7.03. The van der Waals surface area contributed by atoms with Gasteiger partial charge in [-0.1, -0.05) is 0 Å². The molecule has 0 spiro atoms. The number of thiazole rings is 1. The van der Waals surface area contributed by atoms with Gasteiger partial charge in [-0.2, -0.15) is 4.39 Å². The van der Waals surface area contributed by atoms with Gasteiger partial charge in [0.25, 0.3) is 0 Å². The van der Waals surface area contributed by atoms with Gasteiger partial charge >= 0.3 is 0 Å². The number of aliphatic hydroxyl groups excluding tert-OH is 1. The first kappa shape index (κ1) is 22.9. The van der Waals surface area contributed by atoms with Crippen LogP contribution < -0.4 is 14.5 Å². The molecule has 0 amide bonds. The van der Waals surface area contributed by atoms with E-state index in [1.807, 2.05) is 0 Å². The van der Waals surface area contributed by atoms with Crippen molar-refractivity contribution in [1.82, 2.24) is 15.2 Å². The number of aromatic nitrogens is 3. The molecular weight excluding hydrogens is 464 g/mol. The first-order chi connectivity index (χ1) is 16.6. The predicted molar refractivity (Wildman–Crippen MR) is 125 cm³/mol. The largest absolute Gasteiger partial charge is 0.434 e. The topological polar surface area (TPSA) is 83.8 Å². The predicted octanol–water partition coefficient (Wildman–Crippen LogP) is 3.72. The summed E-state index contributed by atoms with van der Waals surface area (Å²) >= 11 is 1.43. The minimum atomic E-state index is -1.10. The van der Waals surface area contributed by atoms with Gasteiger partial charge < -0.3 is 24.4 Å². The average molecular weight is 490 g/mol. The number of hydrogen-bond acceptors (Lipinski definition) is 9. The highest BCUT2D eigenvalue weighted by Crippen LogP contribution is 2.38. The second kappa shape index (κ2) is 10.2. The zero-order chi connectivity index (χ0) is 23.5. The molecule has 180 valence electrons. The normalized spacial score (nSPS) is 17.3. The molecular formula is C23H25F2N5O3S. The van der Waals surface area contributed by atoms with E-state index in [4.69, 9.17) is 9.47 Å². The van der Waals surface area contributed by atoms with E-state index in [-0.39, 0.29) is 18.2 Å². The number of piperidine rings is 1. The molecule has 5 rings (SSSR count). The van der Waals surface area contributed by atoms with E-state index in [2.05, 4.69) is 25.0 Å². The van der Waals surface area contributed by atoms with Crippen LogP contribution in [0, 0.1) is 17.6 Å². The third kappa shape index (κ3) is 4.82. The van der Waals surface area contributed by atoms with E-state index >= 15 is 0 Å². The summed E-state index contributed by atoms with van der Waals surface area (Å²) in [5.41, 5.74) is 0.836. The Morgan fingerprint density at radius 3 is 2.53 bits per heavy atom. The zero-order valence-corrected chi connectivity index (χ0v) is 19.3. The van der Waals surface area contributed by atoms with Crippen molar-refractivity contribution >= 4 is 22.3 Å². The lowest BCUT2D eigenvalue weighted by Crippen LogP contribution is -2.36. The quantitative estimate of drug-likeness (QED) is 0.561. The van der Waals surface area contributed by atoms with Crippen LogP contribution >= 0.6 is 11.3 Å². The highest BCUT2D eigenvalue weighted by atomic mass is 32.1. The maximum Gasteiger partial charge on any atom is 0.239 e. The van der Waals surface area contributed by atoms with Crippen molar-refractivity contribution in [2.45, 2.75) is 12.8 Å². The van der Waals surface area contributed by atoms with E-state index in [0.717, 1.165) is 50.2 Å². The van der Waals surface area contributed by atoms with Crippen molar-refractivity contribution in [3.05, 3.63) is 41.3 Å². The summed E-state index contributed by atoms with van der Waals surface area (Å²) in [6.45, 7) is 4.46. The van der Waals surface area contributed by atoms with Gasteiger partial charge in [0, 0.05) is 49.8 Å². The van der Waals surface area contributed by atoms with Crippen LogP contribution in [-0.4, -0.2) is 66.3 Å². The number of benzene rings is 1. The summed E-state index contributed by atoms with van der Waals surface area (Å²) in [7, 11) is 0. The molecule has 8 nitrogen and oxygen atoms in total. The van der Waals surface area contributed by atoms with Crippen LogP contribution in [0.1, 0.15) is 12.8 Å². The Labute approximate surface area is 199 Å². The molecule has 2 aliphatic heterocycles. The highest BCUT2D eigenvalue weighted by Gasteiger charge is 2.23. The first-order valence-electron chi connectivity index (χ1n) is 11.3. The summed E-state index contributed by atoms with van der Waals surface area (Å²) in [5, 5.41) is 20.2. The van der Waals surface area contributed by atoms with Crippen molar-refractivity contribution in [3.63, 3.8) is 0 Å². The summed E-state index contributed by atoms with van der Waals surface area (Å²) in [4.78, 5) is 8.81. The Hall–Kier alpha value is -2.89. The van der Waals surface area contributed by atoms with Crippen LogP contribution in [0.2, 0.25) is 0 Å². The van der Waals surface area contributed by atoms with E-state index in [9.17, 15) is 13.9 Å². The maximum absolute atomic E-state index is 14.8. The van der Waals surface area contributed by atoms with E-state index in [1.54, 1.807) is 17.5 Å². The monoisotopic (exact) mass is 489 g/mol. The standard InChI is InChI=1S/C23H25F2N5O3S/c24-17-2-1-16(18-14-34-23(26-18)30-9-11-32-12-10-30)22(21(17)25)33-20-4-3-19(27-28-20)29-7-5-15(13-31)6-8-29/h1-4,14-15,31H,5-13H2. The molecule has 0 saturated carbocycles. The van der Waals surface area contributed by atoms with Crippen LogP contribution in [0.25, 0.3) is 11.3 Å². The molecule has 3 aromatic rings. The van der Waals surface area contributed by atoms with Crippen LogP contribution in [0.5, 0.6) is 11.6 Å². The summed E-state index contributed by atoms with van der Waals surface area (Å²) < 4.78 is 40.0. The minimum absolute atomic E-state index is 0.0587. The molecule has 0 aliphatic carbocycles. The van der Waals surface area contributed by atoms with Gasteiger partial charge in [0.05, 0.1) is 18.9 Å². The fraction of sp³-hybridized carbons (Fsp3) is 0.435. The number of ether oxygens (including phenoxy) is 2. The van der Waals surface area contributed by atoms with Crippen molar-refractivity contribution in [2.75, 3.05) is 55.8 Å². The highest BCUT2D eigenvalue weighted by molar-refractivity contribution is 7.14. The molecule has 1 N–H and O–H groups in total. The number of aliphatic hydroxyl groups is 1. The summed E-state index contributed by atoms with van der Waals surface area (Å²) in [6.07, 6.45) is 1.77. The Kier molecular flexibility index (Phi) is 6.84. The summed E-state index contributed by atoms with van der Waals surface area (Å²) in [6, 6.07) is 5.86. The van der Waals surface area contributed by atoms with Gasteiger partial charge in [0.2, 0.25) is 11.7 Å². The lowest BCUT2D eigenvalue weighted by molar-refractivity contribution is 0.122. The van der Waals surface area contributed by atoms with Gasteiger partial charge in [-0.05, 0) is 37.0 Å². The lowest BCUT2D eigenvalue weighted by Gasteiger charge is -2.31. The van der Waals surface area contributed by atoms with Crippen molar-refractivity contribution in [3.8, 4) is 22.9 Å². The second-order valence-corrected chi connectivity index (χ2v) is 9.13. The van der Waals surface area contributed by atoms with Crippen molar-refractivity contribution in [1.29, 1.82) is 0 Å². The molecule has 0 radical (unpaired) electrons. The number of hydrogen-bond donors (Lipinski definition) is 1. The molecule has 1 aromatic carbocycles. The molecule has 0 atom stereocenters. The molecule has 2 saturated heterocycles. The third-order valence-electron chi connectivity index (χ3n) is 6.13. The van der Waals surface area contributed by atoms with Crippen LogP contribution in [-0.2, 0) is 4.74 Å². The Morgan fingerprint density at radius 1 is 1.03 bits per heavy atom. The van der Waals surface area contributed by atoms with E-state index in [0.29, 0.717) is 36.2 Å². The summed E-state index contributed by atoms with van der Waals surface area (Å²) in [5.74, 6) is -1.34. The lowest BCUT2D eigenvalue weighted by atomic mass is 9.98. The van der Waals surface area contributed by atoms with Crippen molar-refractivity contribution < 1.29 is 23.4 Å². The number of anilines is 2. The van der Waals surface area contributed by atoms with Gasteiger partial charge in [-0.3, -0.25) is 0 Å². The second-order valence-electron chi connectivity index (χ2n) is 8.30. The fourth-order valence-corrected chi connectivity index (χ4v) is 4.99. The Balaban J connectivity index is 1.36. The van der Waals surface area contributed by atoms with Gasteiger partial charge in [0.15, 0.2) is 22.5 Å². The molecule has 0 bridgehead atoms. The molecule has 34 heavy (non-hydrogen) atoms. The van der Waals surface area contributed by atoms with Gasteiger partial charge in [-0.25, -0.2) is 9.37 Å². The smallest absolute Gasteiger partial charge is 0.239 e. The molecule has 2 fully saturated rings. The molecule has 11 heteroatoms. The zero-order valence-electron chi connectivity index (χ0n) is 18.5. The van der Waals surface area contributed by atoms with E-state index < -0.39 is 11.6 Å². The average Bonchev–Trinajstić information content (AvgIpc) is 3.38. The SMILES string of the molecule is OCC1CCN(c2ccc(Oc3c(-c4csc(N5CCOCC5)n4)ccc(F)c3F)nn2)CC1. The van der Waals surface area contributed by atoms with Gasteiger partial charge in [-0.15, -0.1) is 21.5 Å². The number of nitrogens with zero attached hydrogens (tertiary/aromatic N) is 5. The number of rotatable bonds is 6.